The summed E-state index contributed by atoms with van der Waals surface area (Å²) in [6.07, 6.45) is 1.12. The fourth-order valence-electron chi connectivity index (χ4n) is 1.72. The van der Waals surface area contributed by atoms with Gasteiger partial charge in [0.15, 0.2) is 0 Å². The number of nitrogens with zero attached hydrogens (tertiary/aromatic N) is 2. The lowest BCUT2D eigenvalue weighted by molar-refractivity contribution is -0.130. The second-order valence-corrected chi connectivity index (χ2v) is 6.83. The van der Waals surface area contributed by atoms with Gasteiger partial charge in [0.05, 0.1) is 4.99 Å². The minimum Gasteiger partial charge on any atom is -0.393 e. The van der Waals surface area contributed by atoms with Crippen molar-refractivity contribution in [2.75, 3.05) is 27.2 Å². The highest BCUT2D eigenvalue weighted by atomic mass is 32.1. The van der Waals surface area contributed by atoms with Gasteiger partial charge < -0.3 is 15.5 Å². The van der Waals surface area contributed by atoms with Crippen molar-refractivity contribution in [2.24, 2.45) is 11.1 Å². The number of carbonyl (C=O) groups excluding carboxylic acids is 1. The normalized spacial score (nSPS) is 13.4. The van der Waals surface area contributed by atoms with Crippen LogP contribution in [0.5, 0.6) is 0 Å². The second-order valence-electron chi connectivity index (χ2n) is 6.30. The van der Waals surface area contributed by atoms with Gasteiger partial charge in [-0.25, -0.2) is 0 Å². The van der Waals surface area contributed by atoms with Gasteiger partial charge in [0.2, 0.25) is 5.91 Å². The van der Waals surface area contributed by atoms with E-state index in [-0.39, 0.29) is 11.3 Å². The Morgan fingerprint density at radius 2 is 1.74 bits per heavy atom. The molecule has 0 rings (SSSR count). The third kappa shape index (κ3) is 7.47. The van der Waals surface area contributed by atoms with Crippen LogP contribution < -0.4 is 5.73 Å². The Morgan fingerprint density at radius 1 is 1.21 bits per heavy atom. The van der Waals surface area contributed by atoms with E-state index in [1.165, 1.54) is 0 Å². The van der Waals surface area contributed by atoms with E-state index in [1.807, 2.05) is 0 Å². The third-order valence-electron chi connectivity index (χ3n) is 3.71. The van der Waals surface area contributed by atoms with Gasteiger partial charge in [-0.1, -0.05) is 33.0 Å². The Morgan fingerprint density at radius 3 is 2.16 bits per heavy atom. The van der Waals surface area contributed by atoms with Crippen molar-refractivity contribution < 1.29 is 4.79 Å². The van der Waals surface area contributed by atoms with E-state index in [9.17, 15) is 4.79 Å². The molecular weight excluding hydrogens is 258 g/mol. The molecule has 0 saturated carbocycles. The molecule has 0 aliphatic rings. The molecule has 19 heavy (non-hydrogen) atoms. The molecule has 0 aromatic heterocycles. The molecule has 112 valence electrons. The molecule has 0 fully saturated rings. The Kier molecular flexibility index (Phi) is 7.52. The minimum atomic E-state index is 0.143. The number of nitrogens with two attached hydrogens (primary N) is 1. The van der Waals surface area contributed by atoms with E-state index < -0.39 is 0 Å². The molecule has 0 heterocycles. The van der Waals surface area contributed by atoms with E-state index in [2.05, 4.69) is 39.6 Å². The summed E-state index contributed by atoms with van der Waals surface area (Å²) in [5.41, 5.74) is 5.65. The first-order valence-corrected chi connectivity index (χ1v) is 7.19. The Hall–Kier alpha value is -0.680. The molecule has 1 unspecified atom stereocenters. The average Bonchev–Trinajstić information content (AvgIpc) is 2.30. The average molecular weight is 287 g/mol. The van der Waals surface area contributed by atoms with Crippen LogP contribution in [0.3, 0.4) is 0 Å². The summed E-state index contributed by atoms with van der Waals surface area (Å²) >= 11 is 4.81. The summed E-state index contributed by atoms with van der Waals surface area (Å²) in [5, 5.41) is 0. The summed E-state index contributed by atoms with van der Waals surface area (Å²) in [5.74, 6) is 0.143. The van der Waals surface area contributed by atoms with Crippen LogP contribution in [0.4, 0.5) is 0 Å². The van der Waals surface area contributed by atoms with Crippen molar-refractivity contribution in [3.05, 3.63) is 0 Å². The summed E-state index contributed by atoms with van der Waals surface area (Å²) in [6.45, 7) is 10.2. The Bertz CT molecular complexity index is 312. The number of amides is 1. The topological polar surface area (TPSA) is 49.6 Å². The van der Waals surface area contributed by atoms with Crippen molar-refractivity contribution in [3.63, 3.8) is 0 Å². The number of carbonyl (C=O) groups is 1. The molecule has 1 amide bonds. The van der Waals surface area contributed by atoms with Gasteiger partial charge in [0.25, 0.3) is 0 Å². The van der Waals surface area contributed by atoms with Gasteiger partial charge in [-0.15, -0.1) is 0 Å². The molecule has 1 atom stereocenters. The van der Waals surface area contributed by atoms with E-state index >= 15 is 0 Å². The molecule has 4 nitrogen and oxygen atoms in total. The second kappa shape index (κ2) is 7.80. The number of rotatable bonds is 7. The molecule has 0 spiro atoms. The lowest BCUT2D eigenvalue weighted by Gasteiger charge is -2.35. The first-order chi connectivity index (χ1) is 8.55. The lowest BCUT2D eigenvalue weighted by atomic mass is 9.87. The van der Waals surface area contributed by atoms with Gasteiger partial charge in [-0.3, -0.25) is 4.79 Å². The zero-order chi connectivity index (χ0) is 15.2. The maximum absolute atomic E-state index is 11.9. The molecule has 2 N–H and O–H groups in total. The van der Waals surface area contributed by atoms with Gasteiger partial charge in [-0.05, 0) is 19.4 Å². The number of thiocarbonyl (C=S) groups is 1. The zero-order valence-corrected chi connectivity index (χ0v) is 14.0. The van der Waals surface area contributed by atoms with Crippen molar-refractivity contribution in [1.29, 1.82) is 0 Å². The highest BCUT2D eigenvalue weighted by molar-refractivity contribution is 7.80. The standard InChI is InChI=1S/C14H29N3OS/c1-11(14(2,3)4)16(5)10-8-13(18)17(6)9-7-12(15)19/h11H,7-10H2,1-6H3,(H2,15,19). The monoisotopic (exact) mass is 287 g/mol. The van der Waals surface area contributed by atoms with Crippen LogP contribution in [-0.2, 0) is 4.79 Å². The lowest BCUT2D eigenvalue weighted by Crippen LogP contribution is -2.41. The van der Waals surface area contributed by atoms with Crippen LogP contribution in [0, 0.1) is 5.41 Å². The number of hydrogen-bond donors (Lipinski definition) is 1. The fraction of sp³-hybridized carbons (Fsp3) is 0.857. The molecule has 5 heteroatoms. The first kappa shape index (κ1) is 18.3. The maximum atomic E-state index is 11.9. The SMILES string of the molecule is CC(N(C)CCC(=O)N(C)CCC(N)=S)C(C)(C)C. The molecule has 0 aliphatic carbocycles. The van der Waals surface area contributed by atoms with Gasteiger partial charge in [-0.2, -0.15) is 0 Å². The van der Waals surface area contributed by atoms with Crippen LogP contribution in [0.15, 0.2) is 0 Å². The first-order valence-electron chi connectivity index (χ1n) is 6.78. The van der Waals surface area contributed by atoms with Gasteiger partial charge in [0.1, 0.15) is 0 Å². The van der Waals surface area contributed by atoms with Gasteiger partial charge in [0, 0.05) is 39.0 Å². The molecular formula is C14H29N3OS. The van der Waals surface area contributed by atoms with E-state index in [0.29, 0.717) is 30.4 Å². The van der Waals surface area contributed by atoms with Crippen molar-refractivity contribution >= 4 is 23.1 Å². The Balaban J connectivity index is 4.12. The quantitative estimate of drug-likeness (QED) is 0.726. The highest BCUT2D eigenvalue weighted by Crippen LogP contribution is 2.22. The largest absolute Gasteiger partial charge is 0.393 e. The third-order valence-corrected chi connectivity index (χ3v) is 3.92. The zero-order valence-electron chi connectivity index (χ0n) is 13.2. The Labute approximate surface area is 123 Å². The smallest absolute Gasteiger partial charge is 0.223 e. The van der Waals surface area contributed by atoms with Crippen LogP contribution in [-0.4, -0.2) is 53.9 Å². The van der Waals surface area contributed by atoms with Crippen LogP contribution in [0.2, 0.25) is 0 Å². The van der Waals surface area contributed by atoms with Crippen LogP contribution in [0.25, 0.3) is 0 Å². The van der Waals surface area contributed by atoms with Gasteiger partial charge >= 0.3 is 0 Å². The fourth-order valence-corrected chi connectivity index (χ4v) is 1.81. The van der Waals surface area contributed by atoms with Crippen LogP contribution in [0.1, 0.15) is 40.5 Å². The summed E-state index contributed by atoms with van der Waals surface area (Å²) in [4.78, 5) is 16.3. The predicted octanol–water partition coefficient (Wildman–Crippen LogP) is 1.88. The van der Waals surface area contributed by atoms with E-state index in [4.69, 9.17) is 18.0 Å². The maximum Gasteiger partial charge on any atom is 0.223 e. The molecule has 0 saturated heterocycles. The van der Waals surface area contributed by atoms with E-state index in [0.717, 1.165) is 6.54 Å². The minimum absolute atomic E-state index is 0.143. The molecule has 0 bridgehead atoms. The molecule has 0 radical (unpaired) electrons. The van der Waals surface area contributed by atoms with Crippen molar-refractivity contribution in [3.8, 4) is 0 Å². The van der Waals surface area contributed by atoms with Crippen molar-refractivity contribution in [1.82, 2.24) is 9.80 Å². The van der Waals surface area contributed by atoms with Crippen molar-refractivity contribution in [2.45, 2.75) is 46.6 Å². The summed E-state index contributed by atoms with van der Waals surface area (Å²) in [6, 6.07) is 0.433. The predicted molar refractivity (Wildman–Crippen MR) is 85.2 cm³/mol. The molecule has 0 aliphatic heterocycles. The summed E-state index contributed by atoms with van der Waals surface area (Å²) in [7, 11) is 3.87. The van der Waals surface area contributed by atoms with E-state index in [1.54, 1.807) is 11.9 Å². The number of hydrogen-bond acceptors (Lipinski definition) is 3. The van der Waals surface area contributed by atoms with Crippen LogP contribution >= 0.6 is 12.2 Å². The highest BCUT2D eigenvalue weighted by Gasteiger charge is 2.24. The molecule has 0 aromatic carbocycles. The summed E-state index contributed by atoms with van der Waals surface area (Å²) < 4.78 is 0. The molecule has 0 aromatic rings.